The third kappa shape index (κ3) is 3.02. The largest absolute Gasteiger partial charge is 0.342 e. The highest BCUT2D eigenvalue weighted by Gasteiger charge is 2.49. The zero-order chi connectivity index (χ0) is 17.4. The van der Waals surface area contributed by atoms with Crippen molar-refractivity contribution >= 4 is 11.8 Å². The van der Waals surface area contributed by atoms with E-state index in [9.17, 15) is 9.59 Å². The zero-order valence-electron chi connectivity index (χ0n) is 14.4. The smallest absolute Gasteiger partial charge is 0.253 e. The number of carbonyl (C=O) groups is 2. The average Bonchev–Trinajstić information content (AvgIpc) is 3.36. The van der Waals surface area contributed by atoms with Gasteiger partial charge in [0.15, 0.2) is 0 Å². The monoisotopic (exact) mass is 337 g/mol. The second kappa shape index (κ2) is 6.18. The fraction of sp³-hybridized carbons (Fsp3) is 0.550. The van der Waals surface area contributed by atoms with E-state index < -0.39 is 0 Å². The molecule has 2 aliphatic heterocycles. The first-order valence-electron chi connectivity index (χ1n) is 9.20. The molecule has 4 rings (SSSR count). The standard InChI is InChI=1S/C20H23N3O2/c21-12-15-4-6-17(7-5-15)18(24)23-11-9-20(14-23)8-1-10-22(19(20)25)13-16-2-3-16/h4-7,16H,1-3,8-11,13-14H2/t20-/m0/s1. The first kappa shape index (κ1) is 16.1. The van der Waals surface area contributed by atoms with Crippen LogP contribution in [0.2, 0.25) is 0 Å². The van der Waals surface area contributed by atoms with Crippen LogP contribution in [0.25, 0.3) is 0 Å². The molecular formula is C20H23N3O2. The first-order chi connectivity index (χ1) is 12.1. The summed E-state index contributed by atoms with van der Waals surface area (Å²) in [5.74, 6) is 0.936. The van der Waals surface area contributed by atoms with Crippen molar-refractivity contribution < 1.29 is 9.59 Å². The fourth-order valence-corrected chi connectivity index (χ4v) is 4.23. The van der Waals surface area contributed by atoms with Gasteiger partial charge in [-0.3, -0.25) is 9.59 Å². The molecule has 1 atom stereocenters. The number of nitriles is 1. The summed E-state index contributed by atoms with van der Waals surface area (Å²) in [6.45, 7) is 2.96. The van der Waals surface area contributed by atoms with Crippen LogP contribution < -0.4 is 0 Å². The molecule has 1 spiro atoms. The SMILES string of the molecule is N#Cc1ccc(C(=O)N2CC[C@@]3(CCCN(CC4CC4)C3=O)C2)cc1. The van der Waals surface area contributed by atoms with Gasteiger partial charge < -0.3 is 9.80 Å². The molecule has 1 saturated carbocycles. The van der Waals surface area contributed by atoms with Gasteiger partial charge in [-0.1, -0.05) is 0 Å². The summed E-state index contributed by atoms with van der Waals surface area (Å²) in [4.78, 5) is 29.7. The number of likely N-dealkylation sites (tertiary alicyclic amines) is 2. The maximum atomic E-state index is 13.1. The van der Waals surface area contributed by atoms with Gasteiger partial charge in [-0.2, -0.15) is 5.26 Å². The molecule has 2 amide bonds. The summed E-state index contributed by atoms with van der Waals surface area (Å²) in [7, 11) is 0. The Balaban J connectivity index is 1.46. The number of hydrogen-bond acceptors (Lipinski definition) is 3. The lowest BCUT2D eigenvalue weighted by atomic mass is 9.78. The minimum absolute atomic E-state index is 0.0338. The van der Waals surface area contributed by atoms with Crippen LogP contribution in [0, 0.1) is 22.7 Å². The molecule has 0 unspecified atom stereocenters. The minimum Gasteiger partial charge on any atom is -0.342 e. The molecule has 3 aliphatic rings. The molecule has 2 saturated heterocycles. The van der Waals surface area contributed by atoms with Gasteiger partial charge in [0.05, 0.1) is 17.0 Å². The Morgan fingerprint density at radius 3 is 2.64 bits per heavy atom. The van der Waals surface area contributed by atoms with Crippen molar-refractivity contribution in [2.75, 3.05) is 26.2 Å². The van der Waals surface area contributed by atoms with Gasteiger partial charge in [0.2, 0.25) is 5.91 Å². The predicted octanol–water partition coefficient (Wildman–Crippen LogP) is 2.42. The van der Waals surface area contributed by atoms with Crippen molar-refractivity contribution in [3.63, 3.8) is 0 Å². The number of rotatable bonds is 3. The molecule has 1 aliphatic carbocycles. The number of nitrogens with zero attached hydrogens (tertiary/aromatic N) is 3. The molecule has 0 N–H and O–H groups in total. The molecule has 0 radical (unpaired) electrons. The second-order valence-electron chi connectivity index (χ2n) is 7.74. The van der Waals surface area contributed by atoms with E-state index in [2.05, 4.69) is 11.0 Å². The number of benzene rings is 1. The van der Waals surface area contributed by atoms with Gasteiger partial charge in [0, 0.05) is 31.7 Å². The molecule has 1 aromatic carbocycles. The summed E-state index contributed by atoms with van der Waals surface area (Å²) in [5.41, 5.74) is 0.775. The van der Waals surface area contributed by atoms with Crippen molar-refractivity contribution in [1.29, 1.82) is 5.26 Å². The number of piperidine rings is 1. The van der Waals surface area contributed by atoms with Gasteiger partial charge in [-0.05, 0) is 62.3 Å². The van der Waals surface area contributed by atoms with Crippen molar-refractivity contribution in [3.05, 3.63) is 35.4 Å². The summed E-state index contributed by atoms with van der Waals surface area (Å²) in [6, 6.07) is 8.81. The summed E-state index contributed by atoms with van der Waals surface area (Å²) < 4.78 is 0. The third-order valence-electron chi connectivity index (χ3n) is 5.90. The molecular weight excluding hydrogens is 314 g/mol. The predicted molar refractivity (Wildman–Crippen MR) is 92.6 cm³/mol. The van der Waals surface area contributed by atoms with Crippen LogP contribution >= 0.6 is 0 Å². The number of hydrogen-bond donors (Lipinski definition) is 0. The highest BCUT2D eigenvalue weighted by molar-refractivity contribution is 5.95. The number of carbonyl (C=O) groups excluding carboxylic acids is 2. The van der Waals surface area contributed by atoms with Gasteiger partial charge in [-0.25, -0.2) is 0 Å². The van der Waals surface area contributed by atoms with Gasteiger partial charge in [0.1, 0.15) is 0 Å². The average molecular weight is 337 g/mol. The van der Waals surface area contributed by atoms with Crippen LogP contribution in [-0.4, -0.2) is 47.8 Å². The van der Waals surface area contributed by atoms with Crippen molar-refractivity contribution in [3.8, 4) is 6.07 Å². The van der Waals surface area contributed by atoms with Gasteiger partial charge in [0.25, 0.3) is 5.91 Å². The van der Waals surface area contributed by atoms with E-state index in [1.165, 1.54) is 12.8 Å². The van der Waals surface area contributed by atoms with Crippen LogP contribution in [0.15, 0.2) is 24.3 Å². The Morgan fingerprint density at radius 2 is 1.96 bits per heavy atom. The van der Waals surface area contributed by atoms with Gasteiger partial charge in [-0.15, -0.1) is 0 Å². The molecule has 1 aromatic rings. The van der Waals surface area contributed by atoms with Crippen molar-refractivity contribution in [1.82, 2.24) is 9.80 Å². The van der Waals surface area contributed by atoms with E-state index in [4.69, 9.17) is 5.26 Å². The summed E-state index contributed by atoms with van der Waals surface area (Å²) in [6.07, 6.45) is 5.21. The van der Waals surface area contributed by atoms with E-state index in [1.807, 2.05) is 4.90 Å². The Hall–Kier alpha value is -2.35. The lowest BCUT2D eigenvalue weighted by Crippen LogP contribution is -2.50. The molecule has 0 aromatic heterocycles. The fourth-order valence-electron chi connectivity index (χ4n) is 4.23. The van der Waals surface area contributed by atoms with E-state index in [-0.39, 0.29) is 17.2 Å². The molecule has 2 heterocycles. The summed E-state index contributed by atoms with van der Waals surface area (Å²) >= 11 is 0. The topological polar surface area (TPSA) is 64.4 Å². The Kier molecular flexibility index (Phi) is 3.99. The van der Waals surface area contributed by atoms with Crippen LogP contribution in [-0.2, 0) is 4.79 Å². The lowest BCUT2D eigenvalue weighted by Gasteiger charge is -2.39. The molecule has 25 heavy (non-hydrogen) atoms. The Labute approximate surface area is 148 Å². The van der Waals surface area contributed by atoms with Gasteiger partial charge >= 0.3 is 0 Å². The van der Waals surface area contributed by atoms with E-state index in [0.29, 0.717) is 30.1 Å². The third-order valence-corrected chi connectivity index (χ3v) is 5.90. The van der Waals surface area contributed by atoms with Crippen molar-refractivity contribution in [2.45, 2.75) is 32.1 Å². The first-order valence-corrected chi connectivity index (χ1v) is 9.20. The summed E-state index contributed by atoms with van der Waals surface area (Å²) in [5, 5.41) is 8.88. The Bertz CT molecular complexity index is 732. The van der Waals surface area contributed by atoms with E-state index in [0.717, 1.165) is 32.4 Å². The number of amides is 2. The maximum absolute atomic E-state index is 13.1. The van der Waals surface area contributed by atoms with Crippen molar-refractivity contribution in [2.24, 2.45) is 11.3 Å². The molecule has 5 nitrogen and oxygen atoms in total. The second-order valence-corrected chi connectivity index (χ2v) is 7.74. The lowest BCUT2D eigenvalue weighted by molar-refractivity contribution is -0.145. The molecule has 130 valence electrons. The Morgan fingerprint density at radius 1 is 1.20 bits per heavy atom. The highest BCUT2D eigenvalue weighted by Crippen LogP contribution is 2.42. The van der Waals surface area contributed by atoms with Crippen LogP contribution in [0.4, 0.5) is 0 Å². The quantitative estimate of drug-likeness (QED) is 0.851. The molecule has 0 bridgehead atoms. The van der Waals surface area contributed by atoms with E-state index >= 15 is 0 Å². The highest BCUT2D eigenvalue weighted by atomic mass is 16.2. The van der Waals surface area contributed by atoms with Crippen LogP contribution in [0.5, 0.6) is 0 Å². The van der Waals surface area contributed by atoms with E-state index in [1.54, 1.807) is 24.3 Å². The normalized spacial score (nSPS) is 26.1. The molecule has 3 fully saturated rings. The minimum atomic E-state index is -0.366. The van der Waals surface area contributed by atoms with Crippen LogP contribution in [0.3, 0.4) is 0 Å². The van der Waals surface area contributed by atoms with Crippen LogP contribution in [0.1, 0.15) is 48.0 Å². The maximum Gasteiger partial charge on any atom is 0.253 e. The zero-order valence-corrected chi connectivity index (χ0v) is 14.4. The molecule has 5 heteroatoms.